The molecule has 7 nitrogen and oxygen atoms in total. The van der Waals surface area contributed by atoms with Crippen LogP contribution in [-0.4, -0.2) is 21.6 Å². The van der Waals surface area contributed by atoms with Crippen molar-refractivity contribution in [1.29, 1.82) is 0 Å². The zero-order chi connectivity index (χ0) is 20.9. The second-order valence-electron chi connectivity index (χ2n) is 6.36. The largest absolute Gasteiger partial charge is 0.469 e. The molecule has 150 valence electrons. The standard InChI is InChI=1S/C22H18N4O3S/c1-15-18(11-12-29-15)22(28)24-23-20(27)10-9-16-14-26(17-6-3-2-4-7-17)25-21(16)19-8-5-13-30-19/h2-14H,1H3,(H,23,27)(H,24,28)/b10-9+. The fraction of sp³-hybridized carbons (Fsp3) is 0.0455. The van der Waals surface area contributed by atoms with E-state index in [4.69, 9.17) is 4.42 Å². The van der Waals surface area contributed by atoms with Gasteiger partial charge >= 0.3 is 0 Å². The van der Waals surface area contributed by atoms with Crippen molar-refractivity contribution in [3.05, 3.63) is 89.3 Å². The van der Waals surface area contributed by atoms with Crippen LogP contribution in [0.2, 0.25) is 0 Å². The molecule has 4 rings (SSSR count). The number of carbonyl (C=O) groups is 2. The Morgan fingerprint density at radius 3 is 2.63 bits per heavy atom. The fourth-order valence-corrected chi connectivity index (χ4v) is 3.57. The monoisotopic (exact) mass is 418 g/mol. The number of aryl methyl sites for hydroxylation is 1. The molecule has 0 fully saturated rings. The summed E-state index contributed by atoms with van der Waals surface area (Å²) < 4.78 is 6.86. The number of carbonyl (C=O) groups excluding carboxylic acids is 2. The van der Waals surface area contributed by atoms with E-state index in [0.717, 1.165) is 21.8 Å². The first kappa shape index (κ1) is 19.4. The molecular formula is C22H18N4O3S. The summed E-state index contributed by atoms with van der Waals surface area (Å²) in [7, 11) is 0. The zero-order valence-electron chi connectivity index (χ0n) is 16.0. The van der Waals surface area contributed by atoms with Gasteiger partial charge in [-0.25, -0.2) is 4.68 Å². The lowest BCUT2D eigenvalue weighted by atomic mass is 10.2. The summed E-state index contributed by atoms with van der Waals surface area (Å²) >= 11 is 1.57. The van der Waals surface area contributed by atoms with E-state index in [0.29, 0.717) is 11.3 Å². The average Bonchev–Trinajstić information content (AvgIpc) is 3.51. The summed E-state index contributed by atoms with van der Waals surface area (Å²) in [5.74, 6) is -0.431. The van der Waals surface area contributed by atoms with Gasteiger partial charge in [-0.15, -0.1) is 11.3 Å². The number of amides is 2. The number of rotatable bonds is 5. The van der Waals surface area contributed by atoms with E-state index in [2.05, 4.69) is 16.0 Å². The van der Waals surface area contributed by atoms with Crippen molar-refractivity contribution in [1.82, 2.24) is 20.6 Å². The summed E-state index contributed by atoms with van der Waals surface area (Å²) in [4.78, 5) is 25.2. The number of hydrazine groups is 1. The molecule has 0 aliphatic carbocycles. The smallest absolute Gasteiger partial charge is 0.273 e. The quantitative estimate of drug-likeness (QED) is 0.379. The van der Waals surface area contributed by atoms with Crippen molar-refractivity contribution in [2.75, 3.05) is 0 Å². The predicted octanol–water partition coefficient (Wildman–Crippen LogP) is 3.98. The summed E-state index contributed by atoms with van der Waals surface area (Å²) in [6, 6.07) is 15.2. The highest BCUT2D eigenvalue weighted by molar-refractivity contribution is 7.13. The Hall–Kier alpha value is -3.91. The first-order valence-electron chi connectivity index (χ1n) is 9.13. The van der Waals surface area contributed by atoms with Crippen LogP contribution in [0.4, 0.5) is 0 Å². The molecule has 2 N–H and O–H groups in total. The number of hydrogen-bond acceptors (Lipinski definition) is 5. The fourth-order valence-electron chi connectivity index (χ4n) is 2.84. The second kappa shape index (κ2) is 8.62. The van der Waals surface area contributed by atoms with Crippen LogP contribution in [0.1, 0.15) is 21.7 Å². The van der Waals surface area contributed by atoms with E-state index in [1.54, 1.807) is 29.0 Å². The molecule has 0 bridgehead atoms. The van der Waals surface area contributed by atoms with Crippen LogP contribution in [0.5, 0.6) is 0 Å². The molecule has 0 aliphatic rings. The SMILES string of the molecule is Cc1occc1C(=O)NNC(=O)/C=C/c1cn(-c2ccccc2)nc1-c1cccs1. The van der Waals surface area contributed by atoms with Crippen molar-refractivity contribution in [3.63, 3.8) is 0 Å². The van der Waals surface area contributed by atoms with Crippen molar-refractivity contribution in [2.45, 2.75) is 6.92 Å². The summed E-state index contributed by atoms with van der Waals surface area (Å²) in [6.45, 7) is 1.67. The molecule has 0 spiro atoms. The Morgan fingerprint density at radius 1 is 1.10 bits per heavy atom. The summed E-state index contributed by atoms with van der Waals surface area (Å²) in [5, 5.41) is 6.66. The number of aromatic nitrogens is 2. The van der Waals surface area contributed by atoms with E-state index < -0.39 is 11.8 Å². The molecule has 0 unspecified atom stereocenters. The Labute approximate surface area is 176 Å². The molecule has 3 aromatic heterocycles. The maximum atomic E-state index is 12.2. The molecule has 2 amide bonds. The van der Waals surface area contributed by atoms with E-state index in [1.165, 1.54) is 18.4 Å². The molecule has 0 saturated carbocycles. The Bertz CT molecular complexity index is 1190. The second-order valence-corrected chi connectivity index (χ2v) is 7.31. The van der Waals surface area contributed by atoms with E-state index in [-0.39, 0.29) is 0 Å². The topological polar surface area (TPSA) is 89.2 Å². The number of nitrogens with zero attached hydrogens (tertiary/aromatic N) is 2. The van der Waals surface area contributed by atoms with Crippen molar-refractivity contribution in [2.24, 2.45) is 0 Å². The molecule has 1 aromatic carbocycles. The van der Waals surface area contributed by atoms with Crippen LogP contribution in [-0.2, 0) is 4.79 Å². The third-order valence-electron chi connectivity index (χ3n) is 4.33. The van der Waals surface area contributed by atoms with Crippen molar-refractivity contribution >= 4 is 29.2 Å². The average molecular weight is 418 g/mol. The van der Waals surface area contributed by atoms with Gasteiger partial charge in [0.15, 0.2) is 0 Å². The summed E-state index contributed by atoms with van der Waals surface area (Å²) in [6.07, 6.45) is 6.31. The highest BCUT2D eigenvalue weighted by Crippen LogP contribution is 2.28. The lowest BCUT2D eigenvalue weighted by molar-refractivity contribution is -0.117. The molecule has 0 atom stereocenters. The number of benzene rings is 1. The number of para-hydroxylation sites is 1. The van der Waals surface area contributed by atoms with Gasteiger partial charge in [-0.3, -0.25) is 20.4 Å². The number of furan rings is 1. The minimum Gasteiger partial charge on any atom is -0.469 e. The molecule has 0 radical (unpaired) electrons. The Kier molecular flexibility index (Phi) is 5.58. The van der Waals surface area contributed by atoms with Gasteiger partial charge in [0.1, 0.15) is 11.5 Å². The zero-order valence-corrected chi connectivity index (χ0v) is 16.8. The Balaban J connectivity index is 1.51. The van der Waals surface area contributed by atoms with Gasteiger partial charge in [-0.2, -0.15) is 5.10 Å². The van der Waals surface area contributed by atoms with Crippen LogP contribution < -0.4 is 10.9 Å². The van der Waals surface area contributed by atoms with Gasteiger partial charge in [-0.1, -0.05) is 24.3 Å². The van der Waals surface area contributed by atoms with Crippen molar-refractivity contribution in [3.8, 4) is 16.3 Å². The predicted molar refractivity (Wildman–Crippen MR) is 115 cm³/mol. The van der Waals surface area contributed by atoms with Gasteiger partial charge < -0.3 is 4.42 Å². The van der Waals surface area contributed by atoms with Gasteiger partial charge in [0.25, 0.3) is 11.8 Å². The van der Waals surface area contributed by atoms with Crippen LogP contribution in [0.3, 0.4) is 0 Å². The minimum absolute atomic E-state index is 0.364. The number of nitrogens with one attached hydrogen (secondary N) is 2. The maximum Gasteiger partial charge on any atom is 0.273 e. The van der Waals surface area contributed by atoms with Gasteiger partial charge in [0.05, 0.1) is 22.4 Å². The lowest BCUT2D eigenvalue weighted by Gasteiger charge is -2.03. The highest BCUT2D eigenvalue weighted by Gasteiger charge is 2.13. The molecule has 4 aromatic rings. The first-order valence-corrected chi connectivity index (χ1v) is 10.0. The lowest BCUT2D eigenvalue weighted by Crippen LogP contribution is -2.40. The first-order chi connectivity index (χ1) is 14.6. The molecule has 0 aliphatic heterocycles. The molecule has 30 heavy (non-hydrogen) atoms. The minimum atomic E-state index is -0.464. The van der Waals surface area contributed by atoms with Crippen LogP contribution in [0.15, 0.2) is 76.9 Å². The van der Waals surface area contributed by atoms with Crippen LogP contribution in [0.25, 0.3) is 22.3 Å². The van der Waals surface area contributed by atoms with E-state index >= 15 is 0 Å². The molecule has 0 saturated heterocycles. The third-order valence-corrected chi connectivity index (χ3v) is 5.21. The summed E-state index contributed by atoms with van der Waals surface area (Å²) in [5.41, 5.74) is 7.58. The normalized spacial score (nSPS) is 11.0. The van der Waals surface area contributed by atoms with E-state index in [9.17, 15) is 9.59 Å². The van der Waals surface area contributed by atoms with Crippen LogP contribution in [0, 0.1) is 6.92 Å². The molecular weight excluding hydrogens is 400 g/mol. The molecule has 3 heterocycles. The number of thiophene rings is 1. The highest BCUT2D eigenvalue weighted by atomic mass is 32.1. The van der Waals surface area contributed by atoms with Gasteiger partial charge in [0.2, 0.25) is 0 Å². The third kappa shape index (κ3) is 4.23. The molecule has 8 heteroatoms. The van der Waals surface area contributed by atoms with Gasteiger partial charge in [-0.05, 0) is 42.6 Å². The van der Waals surface area contributed by atoms with Crippen molar-refractivity contribution < 1.29 is 14.0 Å². The Morgan fingerprint density at radius 2 is 1.93 bits per heavy atom. The maximum absolute atomic E-state index is 12.2. The van der Waals surface area contributed by atoms with E-state index in [1.807, 2.05) is 54.0 Å². The van der Waals surface area contributed by atoms with Gasteiger partial charge in [0, 0.05) is 17.8 Å². The van der Waals surface area contributed by atoms with Crippen LogP contribution >= 0.6 is 11.3 Å². The number of hydrogen-bond donors (Lipinski definition) is 2.